The van der Waals surface area contributed by atoms with E-state index in [9.17, 15) is 9.90 Å². The van der Waals surface area contributed by atoms with Crippen molar-refractivity contribution in [2.75, 3.05) is 18.9 Å². The van der Waals surface area contributed by atoms with Crippen LogP contribution >= 0.6 is 11.3 Å². The number of carbonyl (C=O) groups excluding carboxylic acids is 1. The van der Waals surface area contributed by atoms with Gasteiger partial charge in [0, 0.05) is 16.6 Å². The molecule has 0 saturated carbocycles. The van der Waals surface area contributed by atoms with Crippen LogP contribution in [0.4, 0.5) is 5.69 Å². The third-order valence-corrected chi connectivity index (χ3v) is 5.56. The van der Waals surface area contributed by atoms with E-state index in [0.717, 1.165) is 22.1 Å². The average molecular weight is 304 g/mol. The molecule has 1 saturated heterocycles. The number of hydrogen-bond donors (Lipinski definition) is 2. The molecular formula is C16H20N2O2S. The first-order valence-electron chi connectivity index (χ1n) is 7.23. The second-order valence-corrected chi connectivity index (χ2v) is 6.91. The molecule has 0 aliphatic carbocycles. The lowest BCUT2D eigenvalue weighted by molar-refractivity contribution is 0.0654. The fourth-order valence-electron chi connectivity index (χ4n) is 3.05. The van der Waals surface area contributed by atoms with Gasteiger partial charge in [-0.1, -0.05) is 19.1 Å². The van der Waals surface area contributed by atoms with Crippen LogP contribution in [-0.4, -0.2) is 35.1 Å². The number of likely N-dealkylation sites (tertiary alicyclic amines) is 1. The van der Waals surface area contributed by atoms with E-state index in [4.69, 9.17) is 5.73 Å². The molecule has 112 valence electrons. The van der Waals surface area contributed by atoms with Gasteiger partial charge in [-0.15, -0.1) is 11.3 Å². The molecule has 2 aromatic rings. The number of nitrogen functional groups attached to an aromatic ring is 1. The zero-order valence-electron chi connectivity index (χ0n) is 12.3. The lowest BCUT2D eigenvalue weighted by Gasteiger charge is -2.24. The molecule has 2 unspecified atom stereocenters. The van der Waals surface area contributed by atoms with Crippen molar-refractivity contribution >= 4 is 33.0 Å². The minimum atomic E-state index is -0.0937. The fraction of sp³-hybridized carbons (Fsp3) is 0.438. The maximum absolute atomic E-state index is 12.8. The minimum Gasteiger partial charge on any atom is -0.397 e. The van der Waals surface area contributed by atoms with Gasteiger partial charge in [0.25, 0.3) is 5.91 Å². The van der Waals surface area contributed by atoms with E-state index in [-0.39, 0.29) is 18.6 Å². The molecular weight excluding hydrogens is 284 g/mol. The highest BCUT2D eigenvalue weighted by molar-refractivity contribution is 7.21. The summed E-state index contributed by atoms with van der Waals surface area (Å²) < 4.78 is 1.05. The van der Waals surface area contributed by atoms with E-state index in [1.165, 1.54) is 11.3 Å². The van der Waals surface area contributed by atoms with Crippen LogP contribution < -0.4 is 5.73 Å². The number of nitrogens with zero attached hydrogens (tertiary/aromatic N) is 1. The summed E-state index contributed by atoms with van der Waals surface area (Å²) in [5, 5.41) is 10.5. The Kier molecular flexibility index (Phi) is 3.63. The molecule has 3 N–H and O–H groups in total. The molecule has 21 heavy (non-hydrogen) atoms. The Balaban J connectivity index is 2.00. The monoisotopic (exact) mass is 304 g/mol. The summed E-state index contributed by atoms with van der Waals surface area (Å²) in [6, 6.07) is 5.95. The quantitative estimate of drug-likeness (QED) is 0.896. The first kappa shape index (κ1) is 14.4. The van der Waals surface area contributed by atoms with E-state index in [1.54, 1.807) is 4.90 Å². The number of thiophene rings is 1. The van der Waals surface area contributed by atoms with Crippen LogP contribution in [-0.2, 0) is 0 Å². The van der Waals surface area contributed by atoms with Crippen LogP contribution in [0.15, 0.2) is 18.2 Å². The second kappa shape index (κ2) is 5.31. The van der Waals surface area contributed by atoms with Crippen molar-refractivity contribution in [1.82, 2.24) is 4.90 Å². The third kappa shape index (κ3) is 2.30. The van der Waals surface area contributed by atoms with Crippen molar-refractivity contribution in [2.24, 2.45) is 5.92 Å². The number of anilines is 1. The van der Waals surface area contributed by atoms with Crippen molar-refractivity contribution < 1.29 is 9.90 Å². The van der Waals surface area contributed by atoms with Crippen molar-refractivity contribution in [3.05, 3.63) is 28.6 Å². The first-order chi connectivity index (χ1) is 10.0. The zero-order valence-corrected chi connectivity index (χ0v) is 13.1. The highest BCUT2D eigenvalue weighted by Crippen LogP contribution is 2.36. The standard InChI is InChI=1S/C16H20N2O2S/c1-9-3-4-11-13(7-9)21-15(14(11)17)16(20)18-6-5-10(2)12(18)8-19/h3-4,7,10,12,19H,5-6,8,17H2,1-2H3. The van der Waals surface area contributed by atoms with Gasteiger partial charge in [-0.3, -0.25) is 4.79 Å². The first-order valence-corrected chi connectivity index (χ1v) is 8.05. The number of carbonyl (C=O) groups is 1. The number of aliphatic hydroxyl groups excluding tert-OH is 1. The van der Waals surface area contributed by atoms with E-state index < -0.39 is 0 Å². The van der Waals surface area contributed by atoms with Gasteiger partial charge in [0.05, 0.1) is 18.3 Å². The van der Waals surface area contributed by atoms with Gasteiger partial charge in [0.1, 0.15) is 4.88 Å². The molecule has 0 radical (unpaired) electrons. The van der Waals surface area contributed by atoms with Gasteiger partial charge < -0.3 is 15.7 Å². The molecule has 1 aliphatic rings. The predicted octanol–water partition coefficient (Wildman–Crippen LogP) is 2.63. The lowest BCUT2D eigenvalue weighted by atomic mass is 10.0. The normalized spacial score (nSPS) is 22.1. The largest absolute Gasteiger partial charge is 0.397 e. The maximum atomic E-state index is 12.8. The summed E-state index contributed by atoms with van der Waals surface area (Å²) >= 11 is 1.45. The summed E-state index contributed by atoms with van der Waals surface area (Å²) in [5.41, 5.74) is 7.90. The molecule has 5 heteroatoms. The molecule has 1 aromatic carbocycles. The van der Waals surface area contributed by atoms with E-state index in [0.29, 0.717) is 23.0 Å². The van der Waals surface area contributed by atoms with Crippen molar-refractivity contribution in [3.63, 3.8) is 0 Å². The molecule has 3 rings (SSSR count). The number of fused-ring (bicyclic) bond motifs is 1. The fourth-order valence-corrected chi connectivity index (χ4v) is 4.23. The molecule has 2 atom stereocenters. The highest BCUT2D eigenvalue weighted by atomic mass is 32.1. The SMILES string of the molecule is Cc1ccc2c(N)c(C(=O)N3CCC(C)C3CO)sc2c1. The molecule has 0 spiro atoms. The molecule has 1 aromatic heterocycles. The number of amides is 1. The molecule has 4 nitrogen and oxygen atoms in total. The van der Waals surface area contributed by atoms with Crippen molar-refractivity contribution in [3.8, 4) is 0 Å². The summed E-state index contributed by atoms with van der Waals surface area (Å²) in [6.45, 7) is 4.81. The van der Waals surface area contributed by atoms with Gasteiger partial charge in [0.2, 0.25) is 0 Å². The van der Waals surface area contributed by atoms with E-state index in [1.807, 2.05) is 19.1 Å². The summed E-state index contributed by atoms with van der Waals surface area (Å²) in [5.74, 6) is 0.284. The van der Waals surface area contributed by atoms with Gasteiger partial charge in [0.15, 0.2) is 0 Å². The maximum Gasteiger partial charge on any atom is 0.266 e. The zero-order chi connectivity index (χ0) is 15.1. The van der Waals surface area contributed by atoms with Crippen molar-refractivity contribution in [1.29, 1.82) is 0 Å². The Morgan fingerprint density at radius 2 is 2.29 bits per heavy atom. The number of rotatable bonds is 2. The molecule has 0 bridgehead atoms. The smallest absolute Gasteiger partial charge is 0.266 e. The van der Waals surface area contributed by atoms with Crippen LogP contribution in [0.25, 0.3) is 10.1 Å². The molecule has 1 amide bonds. The Labute approximate surface area is 128 Å². The minimum absolute atomic E-state index is 0.0107. The molecule has 1 fully saturated rings. The van der Waals surface area contributed by atoms with Crippen LogP contribution in [0.3, 0.4) is 0 Å². The Hall–Kier alpha value is -1.59. The summed E-state index contributed by atoms with van der Waals surface area (Å²) in [4.78, 5) is 15.2. The second-order valence-electron chi connectivity index (χ2n) is 5.86. The predicted molar refractivity (Wildman–Crippen MR) is 86.7 cm³/mol. The lowest BCUT2D eigenvalue weighted by Crippen LogP contribution is -2.39. The number of aliphatic hydroxyl groups is 1. The Morgan fingerprint density at radius 1 is 1.52 bits per heavy atom. The van der Waals surface area contributed by atoms with Crippen molar-refractivity contribution in [2.45, 2.75) is 26.3 Å². The molecule has 1 aliphatic heterocycles. The van der Waals surface area contributed by atoms with Crippen LogP contribution in [0.2, 0.25) is 0 Å². The van der Waals surface area contributed by atoms with Gasteiger partial charge in [-0.05, 0) is 30.9 Å². The summed E-state index contributed by atoms with van der Waals surface area (Å²) in [7, 11) is 0. The van der Waals surface area contributed by atoms with Crippen LogP contribution in [0, 0.1) is 12.8 Å². The number of aryl methyl sites for hydroxylation is 1. The number of nitrogens with two attached hydrogens (primary N) is 1. The highest BCUT2D eigenvalue weighted by Gasteiger charge is 2.35. The summed E-state index contributed by atoms with van der Waals surface area (Å²) in [6.07, 6.45) is 0.931. The van der Waals surface area contributed by atoms with E-state index >= 15 is 0 Å². The Morgan fingerprint density at radius 3 is 3.00 bits per heavy atom. The van der Waals surface area contributed by atoms with Gasteiger partial charge >= 0.3 is 0 Å². The third-order valence-electron chi connectivity index (χ3n) is 4.41. The van der Waals surface area contributed by atoms with Gasteiger partial charge in [-0.25, -0.2) is 0 Å². The average Bonchev–Trinajstić information content (AvgIpc) is 2.98. The van der Waals surface area contributed by atoms with Gasteiger partial charge in [-0.2, -0.15) is 0 Å². The number of hydrogen-bond acceptors (Lipinski definition) is 4. The Bertz CT molecular complexity index is 695. The number of benzene rings is 1. The van der Waals surface area contributed by atoms with Crippen LogP contribution in [0.5, 0.6) is 0 Å². The topological polar surface area (TPSA) is 66.6 Å². The van der Waals surface area contributed by atoms with Crippen LogP contribution in [0.1, 0.15) is 28.6 Å². The van der Waals surface area contributed by atoms with E-state index in [2.05, 4.69) is 13.0 Å². The molecule has 2 heterocycles.